The van der Waals surface area contributed by atoms with Gasteiger partial charge in [0.15, 0.2) is 0 Å². The van der Waals surface area contributed by atoms with Gasteiger partial charge in [0.2, 0.25) is 0 Å². The number of hydrogen-bond donors (Lipinski definition) is 3. The molecule has 2 atom stereocenters. The first-order chi connectivity index (χ1) is 8.88. The van der Waals surface area contributed by atoms with Gasteiger partial charge in [-0.2, -0.15) is 0 Å². The molecule has 0 saturated carbocycles. The minimum absolute atomic E-state index is 0.0323. The number of anilines is 2. The van der Waals surface area contributed by atoms with Crippen molar-refractivity contribution >= 4 is 22.3 Å². The number of nitrogen functional groups attached to an aromatic ring is 1. The predicted molar refractivity (Wildman–Crippen MR) is 78.0 cm³/mol. The van der Waals surface area contributed by atoms with E-state index in [0.29, 0.717) is 19.5 Å². The third-order valence-electron chi connectivity index (χ3n) is 2.98. The number of nitrogens with two attached hydrogens (primary N) is 1. The van der Waals surface area contributed by atoms with Crippen molar-refractivity contribution in [1.82, 2.24) is 9.55 Å². The van der Waals surface area contributed by atoms with Crippen LogP contribution in [0.5, 0.6) is 0 Å². The molecule has 0 radical (unpaired) electrons. The quantitative estimate of drug-likeness (QED) is 0.666. The van der Waals surface area contributed by atoms with E-state index in [9.17, 15) is 13.8 Å². The zero-order valence-corrected chi connectivity index (χ0v) is 12.2. The van der Waals surface area contributed by atoms with Gasteiger partial charge in [0.1, 0.15) is 11.5 Å². The molecule has 108 valence electrons. The Balaban J connectivity index is 2.88. The van der Waals surface area contributed by atoms with E-state index in [2.05, 4.69) is 10.3 Å². The van der Waals surface area contributed by atoms with E-state index >= 15 is 0 Å². The molecular weight excluding hydrogens is 268 g/mol. The Labute approximate surface area is 113 Å². The maximum absolute atomic E-state index is 11.7. The largest absolute Gasteiger partial charge is 0.383 e. The lowest BCUT2D eigenvalue weighted by Crippen LogP contribution is -2.34. The van der Waals surface area contributed by atoms with Gasteiger partial charge in [-0.1, -0.05) is 6.92 Å². The van der Waals surface area contributed by atoms with Crippen LogP contribution in [0.3, 0.4) is 0 Å². The van der Waals surface area contributed by atoms with Crippen LogP contribution in [0.25, 0.3) is 0 Å². The Bertz CT molecular complexity index is 578. The average molecular weight is 288 g/mol. The van der Waals surface area contributed by atoms with Crippen LogP contribution in [-0.4, -0.2) is 31.8 Å². The molecule has 2 unspecified atom stereocenters. The monoisotopic (exact) mass is 288 g/mol. The Morgan fingerprint density at radius 2 is 2.11 bits per heavy atom. The molecular formula is C11H20N4O3S. The molecule has 1 aromatic rings. The van der Waals surface area contributed by atoms with Crippen molar-refractivity contribution in [3.8, 4) is 0 Å². The maximum atomic E-state index is 11.7. The zero-order chi connectivity index (χ0) is 14.6. The van der Waals surface area contributed by atoms with E-state index in [1.165, 1.54) is 4.57 Å². The summed E-state index contributed by atoms with van der Waals surface area (Å²) >= 11 is 0. The van der Waals surface area contributed by atoms with Crippen LogP contribution in [0.4, 0.5) is 11.5 Å². The summed E-state index contributed by atoms with van der Waals surface area (Å²) in [6.45, 7) is 4.49. The second-order valence-corrected chi connectivity index (χ2v) is 6.09. The topological polar surface area (TPSA) is 110 Å². The summed E-state index contributed by atoms with van der Waals surface area (Å²) in [7, 11) is -0.901. The van der Waals surface area contributed by atoms with Crippen LogP contribution in [0.1, 0.15) is 20.3 Å². The lowest BCUT2D eigenvalue weighted by Gasteiger charge is -2.13. The van der Waals surface area contributed by atoms with Crippen LogP contribution >= 0.6 is 0 Å². The fourth-order valence-corrected chi connectivity index (χ4v) is 2.09. The third kappa shape index (κ3) is 3.69. The Morgan fingerprint density at radius 1 is 1.47 bits per heavy atom. The first kappa shape index (κ1) is 15.5. The van der Waals surface area contributed by atoms with Crippen molar-refractivity contribution in [1.29, 1.82) is 0 Å². The van der Waals surface area contributed by atoms with Crippen molar-refractivity contribution in [2.75, 3.05) is 23.9 Å². The summed E-state index contributed by atoms with van der Waals surface area (Å²) in [6, 6.07) is 0. The van der Waals surface area contributed by atoms with Crippen LogP contribution in [-0.2, 0) is 17.3 Å². The van der Waals surface area contributed by atoms with Gasteiger partial charge in [0, 0.05) is 35.4 Å². The van der Waals surface area contributed by atoms with Gasteiger partial charge in [-0.15, -0.1) is 0 Å². The molecule has 0 saturated heterocycles. The summed E-state index contributed by atoms with van der Waals surface area (Å²) < 4.78 is 12.5. The predicted octanol–water partition coefficient (Wildman–Crippen LogP) is -0.292. The van der Waals surface area contributed by atoms with E-state index in [-0.39, 0.29) is 16.8 Å². The van der Waals surface area contributed by atoms with Gasteiger partial charge in [-0.3, -0.25) is 18.6 Å². The van der Waals surface area contributed by atoms with Crippen LogP contribution in [0.15, 0.2) is 9.59 Å². The second-order valence-electron chi connectivity index (χ2n) is 4.29. The van der Waals surface area contributed by atoms with E-state index < -0.39 is 22.0 Å². The lowest BCUT2D eigenvalue weighted by atomic mass is 10.3. The van der Waals surface area contributed by atoms with Crippen molar-refractivity contribution in [2.24, 2.45) is 0 Å². The number of rotatable bonds is 6. The summed E-state index contributed by atoms with van der Waals surface area (Å²) in [5, 5.41) is 2.94. The highest BCUT2D eigenvalue weighted by Gasteiger charge is 2.12. The third-order valence-corrected chi connectivity index (χ3v) is 4.34. The number of hydrogen-bond acceptors (Lipinski definition) is 5. The van der Waals surface area contributed by atoms with Gasteiger partial charge < -0.3 is 11.1 Å². The van der Waals surface area contributed by atoms with Gasteiger partial charge in [0.05, 0.1) is 0 Å². The van der Waals surface area contributed by atoms with E-state index in [1.807, 2.05) is 6.92 Å². The molecule has 0 amide bonds. The van der Waals surface area contributed by atoms with Crippen molar-refractivity contribution in [3.05, 3.63) is 20.8 Å². The van der Waals surface area contributed by atoms with Gasteiger partial charge in [0.25, 0.3) is 5.56 Å². The normalized spacial score (nSPS) is 14.1. The molecule has 0 spiro atoms. The zero-order valence-electron chi connectivity index (χ0n) is 11.4. The molecule has 0 aliphatic heterocycles. The molecule has 1 heterocycles. The molecule has 1 rings (SSSR count). The minimum atomic E-state index is -0.901. The minimum Gasteiger partial charge on any atom is -0.383 e. The van der Waals surface area contributed by atoms with E-state index in [0.717, 1.165) is 0 Å². The molecule has 19 heavy (non-hydrogen) atoms. The molecule has 1 aromatic heterocycles. The lowest BCUT2D eigenvalue weighted by molar-refractivity contribution is 0.672. The van der Waals surface area contributed by atoms with E-state index in [1.54, 1.807) is 13.2 Å². The molecule has 7 nitrogen and oxygen atoms in total. The molecule has 8 heteroatoms. The number of aromatic amines is 1. The molecule has 0 aliphatic rings. The molecule has 0 aliphatic carbocycles. The van der Waals surface area contributed by atoms with Crippen LogP contribution in [0, 0.1) is 0 Å². The Kier molecular flexibility index (Phi) is 5.34. The van der Waals surface area contributed by atoms with E-state index in [4.69, 9.17) is 5.73 Å². The van der Waals surface area contributed by atoms with Crippen molar-refractivity contribution in [3.63, 3.8) is 0 Å². The van der Waals surface area contributed by atoms with Gasteiger partial charge in [-0.05, 0) is 13.3 Å². The number of nitrogens with zero attached hydrogens (tertiary/aromatic N) is 1. The average Bonchev–Trinajstić information content (AvgIpc) is 2.33. The summed E-state index contributed by atoms with van der Waals surface area (Å²) in [4.78, 5) is 25.4. The maximum Gasteiger partial charge on any atom is 0.330 e. The highest BCUT2D eigenvalue weighted by atomic mass is 32.2. The van der Waals surface area contributed by atoms with Crippen LogP contribution < -0.4 is 22.3 Å². The van der Waals surface area contributed by atoms with Crippen LogP contribution in [0.2, 0.25) is 0 Å². The molecule has 0 bridgehead atoms. The number of aromatic nitrogens is 2. The van der Waals surface area contributed by atoms with Gasteiger partial charge >= 0.3 is 5.69 Å². The summed E-state index contributed by atoms with van der Waals surface area (Å²) in [5.74, 6) is 0.126. The second kappa shape index (κ2) is 6.55. The molecule has 0 fully saturated rings. The summed E-state index contributed by atoms with van der Waals surface area (Å²) in [5.41, 5.74) is 4.94. The van der Waals surface area contributed by atoms with Crippen molar-refractivity contribution in [2.45, 2.75) is 32.1 Å². The Morgan fingerprint density at radius 3 is 2.63 bits per heavy atom. The standard InChI is InChI=1S/C11H20N4O3S/c1-4-15-9(12)8(10(16)14-11(15)17)13-6-5-7(2)19(3)18/h7,13H,4-6,12H2,1-3H3,(H,14,16,17). The fourth-order valence-electron chi connectivity index (χ4n) is 1.64. The number of nitrogens with one attached hydrogen (secondary N) is 2. The fraction of sp³-hybridized carbons (Fsp3) is 0.636. The molecule has 0 aromatic carbocycles. The summed E-state index contributed by atoms with van der Waals surface area (Å²) in [6.07, 6.45) is 2.29. The smallest absolute Gasteiger partial charge is 0.330 e. The highest BCUT2D eigenvalue weighted by molar-refractivity contribution is 7.84. The first-order valence-electron chi connectivity index (χ1n) is 6.07. The van der Waals surface area contributed by atoms with Crippen molar-refractivity contribution < 1.29 is 4.21 Å². The van der Waals surface area contributed by atoms with Gasteiger partial charge in [-0.25, -0.2) is 4.79 Å². The SMILES string of the molecule is CCn1c(N)c(NCCC(C)S(C)=O)c(=O)[nH]c1=O. The Hall–Kier alpha value is -1.57. The number of H-pyrrole nitrogens is 1. The first-order valence-corrected chi connectivity index (χ1v) is 7.69. The molecule has 4 N–H and O–H groups in total. The highest BCUT2D eigenvalue weighted by Crippen LogP contribution is 2.10.